The largest absolute Gasteiger partial charge is 0.242 e. The summed E-state index contributed by atoms with van der Waals surface area (Å²) in [5, 5.41) is 0. The number of hydrogen-bond donors (Lipinski definition) is 0. The highest BCUT2D eigenvalue weighted by molar-refractivity contribution is 5.46. The van der Waals surface area contributed by atoms with Gasteiger partial charge in [-0.05, 0) is 18.3 Å². The quantitative estimate of drug-likeness (QED) is 0.456. The summed E-state index contributed by atoms with van der Waals surface area (Å²) >= 11 is 0. The molecule has 0 spiro atoms. The second kappa shape index (κ2) is 6.17. The van der Waals surface area contributed by atoms with Crippen LogP contribution in [0.25, 0.3) is 0 Å². The summed E-state index contributed by atoms with van der Waals surface area (Å²) in [6.45, 7) is 12.6. The van der Waals surface area contributed by atoms with Crippen LogP contribution in [-0.2, 0) is 0 Å². The Bertz CT molecular complexity index is 159. The lowest BCUT2D eigenvalue weighted by molar-refractivity contribution is -0.503. The van der Waals surface area contributed by atoms with Crippen molar-refractivity contribution in [1.29, 1.82) is 0 Å². The fraction of sp³-hybridized carbons (Fsp3) is 0.917. The van der Waals surface area contributed by atoms with Crippen molar-refractivity contribution in [1.82, 2.24) is 0 Å². The van der Waals surface area contributed by atoms with Crippen LogP contribution in [0, 0.1) is 17.8 Å². The van der Waals surface area contributed by atoms with Crippen molar-refractivity contribution < 1.29 is 4.58 Å². The third-order valence-corrected chi connectivity index (χ3v) is 3.28. The normalized spacial score (nSPS) is 17.6. The minimum Gasteiger partial charge on any atom is -0.242 e. The molecule has 2 atom stereocenters. The summed E-state index contributed by atoms with van der Waals surface area (Å²) in [7, 11) is 2.16. The molecular formula is C12H26N+. The van der Waals surface area contributed by atoms with E-state index in [4.69, 9.17) is 0 Å². The predicted molar refractivity (Wildman–Crippen MR) is 60.6 cm³/mol. The van der Waals surface area contributed by atoms with Gasteiger partial charge in [-0.25, -0.2) is 4.58 Å². The zero-order chi connectivity index (χ0) is 10.4. The lowest BCUT2D eigenvalue weighted by Crippen LogP contribution is -2.25. The monoisotopic (exact) mass is 184 g/mol. The highest BCUT2D eigenvalue weighted by Crippen LogP contribution is 2.22. The average molecular weight is 184 g/mol. The molecule has 0 saturated carbocycles. The van der Waals surface area contributed by atoms with E-state index in [1.807, 2.05) is 0 Å². The second-order valence-corrected chi connectivity index (χ2v) is 4.47. The Labute approximate surface area is 83.9 Å². The van der Waals surface area contributed by atoms with Gasteiger partial charge in [0.05, 0.1) is 0 Å². The maximum absolute atomic E-state index is 2.38. The molecule has 0 fully saturated rings. The minimum atomic E-state index is 0.801. The van der Waals surface area contributed by atoms with E-state index in [0.29, 0.717) is 0 Å². The smallest absolute Gasteiger partial charge is 0.145 e. The molecule has 0 saturated heterocycles. The highest BCUT2D eigenvalue weighted by atomic mass is 14.9. The van der Waals surface area contributed by atoms with Gasteiger partial charge >= 0.3 is 0 Å². The van der Waals surface area contributed by atoms with Gasteiger partial charge in [-0.3, -0.25) is 0 Å². The van der Waals surface area contributed by atoms with Gasteiger partial charge in [0.1, 0.15) is 19.8 Å². The van der Waals surface area contributed by atoms with Crippen molar-refractivity contribution in [3.8, 4) is 0 Å². The summed E-state index contributed by atoms with van der Waals surface area (Å²) in [6, 6.07) is 0. The average Bonchev–Trinajstić information content (AvgIpc) is 2.12. The van der Waals surface area contributed by atoms with Crippen LogP contribution in [0.1, 0.15) is 41.0 Å². The summed E-state index contributed by atoms with van der Waals surface area (Å²) in [5.41, 5.74) is 0. The molecule has 0 bridgehead atoms. The molecule has 0 aromatic heterocycles. The number of hydrogen-bond acceptors (Lipinski definition) is 0. The van der Waals surface area contributed by atoms with Gasteiger partial charge < -0.3 is 0 Å². The van der Waals surface area contributed by atoms with Crippen LogP contribution in [0.2, 0.25) is 0 Å². The SMILES string of the molecule is CC=[N+](C)CC(CC)C(C)C(C)C. The second-order valence-electron chi connectivity index (χ2n) is 4.47. The lowest BCUT2D eigenvalue weighted by Gasteiger charge is -2.23. The van der Waals surface area contributed by atoms with Crippen molar-refractivity contribution in [2.45, 2.75) is 41.0 Å². The lowest BCUT2D eigenvalue weighted by atomic mass is 9.83. The van der Waals surface area contributed by atoms with Gasteiger partial charge in [0.15, 0.2) is 0 Å². The van der Waals surface area contributed by atoms with E-state index in [0.717, 1.165) is 17.8 Å². The maximum Gasteiger partial charge on any atom is 0.145 e. The molecule has 0 amide bonds. The van der Waals surface area contributed by atoms with Crippen LogP contribution < -0.4 is 0 Å². The Morgan fingerprint density at radius 3 is 2.08 bits per heavy atom. The fourth-order valence-electron chi connectivity index (χ4n) is 1.69. The van der Waals surface area contributed by atoms with Crippen LogP contribution in [0.3, 0.4) is 0 Å². The molecule has 0 heterocycles. The molecule has 78 valence electrons. The Morgan fingerprint density at radius 2 is 1.77 bits per heavy atom. The molecule has 1 heteroatoms. The molecule has 0 aromatic carbocycles. The van der Waals surface area contributed by atoms with Crippen molar-refractivity contribution in [2.24, 2.45) is 17.8 Å². The number of nitrogens with zero attached hydrogens (tertiary/aromatic N) is 1. The van der Waals surface area contributed by atoms with Crippen molar-refractivity contribution in [2.75, 3.05) is 13.6 Å². The van der Waals surface area contributed by atoms with E-state index in [1.54, 1.807) is 0 Å². The maximum atomic E-state index is 2.38. The van der Waals surface area contributed by atoms with E-state index in [9.17, 15) is 0 Å². The molecule has 0 N–H and O–H groups in total. The Kier molecular flexibility index (Phi) is 6.02. The van der Waals surface area contributed by atoms with Gasteiger partial charge in [-0.1, -0.05) is 27.7 Å². The van der Waals surface area contributed by atoms with Crippen LogP contribution in [0.4, 0.5) is 0 Å². The van der Waals surface area contributed by atoms with Gasteiger partial charge in [-0.15, -0.1) is 0 Å². The Morgan fingerprint density at radius 1 is 1.23 bits per heavy atom. The van der Waals surface area contributed by atoms with Gasteiger partial charge in [0, 0.05) is 12.8 Å². The molecule has 0 aliphatic rings. The van der Waals surface area contributed by atoms with E-state index >= 15 is 0 Å². The fourth-order valence-corrected chi connectivity index (χ4v) is 1.69. The first-order chi connectivity index (χ1) is 6.02. The molecule has 0 aliphatic heterocycles. The molecule has 0 aromatic rings. The first-order valence-electron chi connectivity index (χ1n) is 5.52. The van der Waals surface area contributed by atoms with Crippen LogP contribution in [-0.4, -0.2) is 24.4 Å². The standard InChI is InChI=1S/C12H26N/c1-7-12(9-13(6)8-2)11(5)10(3)4/h8,10-12H,7,9H2,1-6H3/q+1. The first-order valence-corrected chi connectivity index (χ1v) is 5.52. The molecule has 0 aliphatic carbocycles. The summed E-state index contributed by atoms with van der Waals surface area (Å²) < 4.78 is 2.30. The van der Waals surface area contributed by atoms with Crippen molar-refractivity contribution >= 4 is 6.21 Å². The van der Waals surface area contributed by atoms with Crippen LogP contribution in [0.15, 0.2) is 0 Å². The minimum absolute atomic E-state index is 0.801. The third kappa shape index (κ3) is 4.44. The van der Waals surface area contributed by atoms with Crippen LogP contribution >= 0.6 is 0 Å². The molecule has 0 radical (unpaired) electrons. The zero-order valence-corrected chi connectivity index (χ0v) is 10.2. The number of rotatable bonds is 5. The van der Waals surface area contributed by atoms with Gasteiger partial charge in [0.2, 0.25) is 0 Å². The highest BCUT2D eigenvalue weighted by Gasteiger charge is 2.21. The summed E-state index contributed by atoms with van der Waals surface area (Å²) in [5.74, 6) is 2.46. The summed E-state index contributed by atoms with van der Waals surface area (Å²) in [4.78, 5) is 0. The van der Waals surface area contributed by atoms with Crippen molar-refractivity contribution in [3.63, 3.8) is 0 Å². The van der Waals surface area contributed by atoms with E-state index < -0.39 is 0 Å². The topological polar surface area (TPSA) is 3.01 Å². The molecule has 1 nitrogen and oxygen atoms in total. The molecule has 0 rings (SSSR count). The summed E-state index contributed by atoms with van der Waals surface area (Å²) in [6.07, 6.45) is 3.45. The van der Waals surface area contributed by atoms with Crippen LogP contribution in [0.5, 0.6) is 0 Å². The molecule has 13 heavy (non-hydrogen) atoms. The van der Waals surface area contributed by atoms with Crippen molar-refractivity contribution in [3.05, 3.63) is 0 Å². The van der Waals surface area contributed by atoms with E-state index in [1.165, 1.54) is 13.0 Å². The van der Waals surface area contributed by atoms with Gasteiger partial charge in [0.25, 0.3) is 0 Å². The van der Waals surface area contributed by atoms with Gasteiger partial charge in [-0.2, -0.15) is 0 Å². The van der Waals surface area contributed by atoms with E-state index in [-0.39, 0.29) is 0 Å². The Hall–Kier alpha value is -0.330. The zero-order valence-electron chi connectivity index (χ0n) is 10.2. The molecular weight excluding hydrogens is 158 g/mol. The predicted octanol–water partition coefficient (Wildman–Crippen LogP) is 3.04. The Balaban J connectivity index is 4.17. The van der Waals surface area contributed by atoms with E-state index in [2.05, 4.69) is 52.5 Å². The first kappa shape index (κ1) is 12.7. The third-order valence-electron chi connectivity index (χ3n) is 3.28. The molecule has 2 unspecified atom stereocenters.